The molecule has 3 aromatic rings. The number of nitrogens with zero attached hydrogens (tertiary/aromatic N) is 4. The van der Waals surface area contributed by atoms with Gasteiger partial charge in [-0.2, -0.15) is 4.98 Å². The molecule has 9 nitrogen and oxygen atoms in total. The Balaban J connectivity index is 0.00000256. The van der Waals surface area contributed by atoms with E-state index in [4.69, 9.17) is 9.26 Å². The van der Waals surface area contributed by atoms with Gasteiger partial charge in [0.25, 0.3) is 5.69 Å². The van der Waals surface area contributed by atoms with E-state index in [0.29, 0.717) is 23.8 Å². The predicted molar refractivity (Wildman–Crippen MR) is 113 cm³/mol. The van der Waals surface area contributed by atoms with Crippen LogP contribution in [0.15, 0.2) is 53.1 Å². The first kappa shape index (κ1) is 21.7. The summed E-state index contributed by atoms with van der Waals surface area (Å²) in [5, 5.41) is 18.3. The van der Waals surface area contributed by atoms with Crippen molar-refractivity contribution in [3.05, 3.63) is 70.1 Å². The maximum Gasteiger partial charge on any atom is 0.269 e. The normalized spacial score (nSPS) is 16.6. The zero-order valence-corrected chi connectivity index (χ0v) is 17.2. The first-order valence-electron chi connectivity index (χ1n) is 9.31. The third-order valence-electron chi connectivity index (χ3n) is 4.99. The molecule has 1 saturated heterocycles. The lowest BCUT2D eigenvalue weighted by Gasteiger charge is -2.36. The Morgan fingerprint density at radius 2 is 2.03 bits per heavy atom. The summed E-state index contributed by atoms with van der Waals surface area (Å²) in [4.78, 5) is 17.1. The summed E-state index contributed by atoms with van der Waals surface area (Å²) in [5.74, 6) is 1.77. The number of ether oxygens (including phenoxy) is 1. The molecule has 30 heavy (non-hydrogen) atoms. The van der Waals surface area contributed by atoms with Gasteiger partial charge in [-0.05, 0) is 18.2 Å². The third kappa shape index (κ3) is 4.59. The molecule has 1 aromatic heterocycles. The molecule has 0 aliphatic carbocycles. The van der Waals surface area contributed by atoms with Gasteiger partial charge in [0.1, 0.15) is 5.75 Å². The molecule has 1 N–H and O–H groups in total. The van der Waals surface area contributed by atoms with Crippen LogP contribution in [0, 0.1) is 10.1 Å². The van der Waals surface area contributed by atoms with Crippen molar-refractivity contribution in [3.63, 3.8) is 0 Å². The SMILES string of the molecule is COc1ccccc1C1CNCCN1Cc1nc(-c2ccc([N+](=O)[O-])cc2)no1.Cl. The lowest BCUT2D eigenvalue weighted by Crippen LogP contribution is -2.45. The van der Waals surface area contributed by atoms with Crippen LogP contribution in [0.5, 0.6) is 5.75 Å². The van der Waals surface area contributed by atoms with Crippen molar-refractivity contribution in [1.82, 2.24) is 20.4 Å². The topological polar surface area (TPSA) is 107 Å². The van der Waals surface area contributed by atoms with Crippen LogP contribution in [0.2, 0.25) is 0 Å². The van der Waals surface area contributed by atoms with E-state index in [9.17, 15) is 10.1 Å². The summed E-state index contributed by atoms with van der Waals surface area (Å²) < 4.78 is 11.0. The number of para-hydroxylation sites is 1. The van der Waals surface area contributed by atoms with E-state index in [0.717, 1.165) is 30.9 Å². The fourth-order valence-corrected chi connectivity index (χ4v) is 3.53. The maximum atomic E-state index is 10.8. The van der Waals surface area contributed by atoms with Crippen LogP contribution >= 0.6 is 12.4 Å². The number of non-ortho nitro benzene ring substituents is 1. The molecule has 10 heteroatoms. The van der Waals surface area contributed by atoms with Crippen molar-refractivity contribution in [3.8, 4) is 17.1 Å². The smallest absolute Gasteiger partial charge is 0.269 e. The van der Waals surface area contributed by atoms with E-state index in [1.807, 2.05) is 18.2 Å². The van der Waals surface area contributed by atoms with Gasteiger partial charge in [0.05, 0.1) is 24.6 Å². The molecule has 1 aliphatic rings. The minimum absolute atomic E-state index is 0. The molecular formula is C20H22ClN5O4. The number of methoxy groups -OCH3 is 1. The van der Waals surface area contributed by atoms with Gasteiger partial charge in [0, 0.05) is 42.9 Å². The first-order valence-corrected chi connectivity index (χ1v) is 9.31. The van der Waals surface area contributed by atoms with E-state index in [2.05, 4.69) is 26.4 Å². The van der Waals surface area contributed by atoms with Crippen molar-refractivity contribution in [2.45, 2.75) is 12.6 Å². The van der Waals surface area contributed by atoms with Crippen molar-refractivity contribution >= 4 is 18.1 Å². The van der Waals surface area contributed by atoms with Gasteiger partial charge in [0.2, 0.25) is 11.7 Å². The lowest BCUT2D eigenvalue weighted by molar-refractivity contribution is -0.384. The fraction of sp³-hybridized carbons (Fsp3) is 0.300. The van der Waals surface area contributed by atoms with E-state index in [1.165, 1.54) is 12.1 Å². The molecule has 1 atom stereocenters. The molecule has 0 spiro atoms. The van der Waals surface area contributed by atoms with E-state index in [1.54, 1.807) is 19.2 Å². The van der Waals surface area contributed by atoms with E-state index < -0.39 is 4.92 Å². The third-order valence-corrected chi connectivity index (χ3v) is 4.99. The average Bonchev–Trinajstić information content (AvgIpc) is 3.23. The molecule has 1 fully saturated rings. The van der Waals surface area contributed by atoms with Crippen LogP contribution in [-0.4, -0.2) is 46.7 Å². The predicted octanol–water partition coefficient (Wildman–Crippen LogP) is 3.22. The molecule has 1 aliphatic heterocycles. The minimum atomic E-state index is -0.437. The summed E-state index contributed by atoms with van der Waals surface area (Å²) in [6, 6.07) is 14.2. The van der Waals surface area contributed by atoms with Crippen molar-refractivity contribution in [2.75, 3.05) is 26.7 Å². The molecule has 2 heterocycles. The summed E-state index contributed by atoms with van der Waals surface area (Å²) >= 11 is 0. The number of nitrogens with one attached hydrogen (secondary N) is 1. The highest BCUT2D eigenvalue weighted by Crippen LogP contribution is 2.31. The van der Waals surface area contributed by atoms with Crippen molar-refractivity contribution in [2.24, 2.45) is 0 Å². The molecule has 0 saturated carbocycles. The van der Waals surface area contributed by atoms with Gasteiger partial charge in [-0.1, -0.05) is 23.4 Å². The fourth-order valence-electron chi connectivity index (χ4n) is 3.53. The largest absolute Gasteiger partial charge is 0.496 e. The number of benzene rings is 2. The quantitative estimate of drug-likeness (QED) is 0.468. The Morgan fingerprint density at radius 3 is 2.77 bits per heavy atom. The van der Waals surface area contributed by atoms with E-state index in [-0.39, 0.29) is 24.1 Å². The number of piperazine rings is 1. The molecule has 158 valence electrons. The summed E-state index contributed by atoms with van der Waals surface area (Å²) in [6.07, 6.45) is 0. The summed E-state index contributed by atoms with van der Waals surface area (Å²) in [7, 11) is 1.67. The zero-order valence-electron chi connectivity index (χ0n) is 16.4. The maximum absolute atomic E-state index is 10.8. The van der Waals surface area contributed by atoms with Crippen LogP contribution in [0.25, 0.3) is 11.4 Å². The Bertz CT molecular complexity index is 995. The van der Waals surface area contributed by atoms with Crippen LogP contribution in [0.1, 0.15) is 17.5 Å². The summed E-state index contributed by atoms with van der Waals surface area (Å²) in [6.45, 7) is 3.00. The lowest BCUT2D eigenvalue weighted by atomic mass is 10.0. The summed E-state index contributed by atoms with van der Waals surface area (Å²) in [5.41, 5.74) is 1.81. The average molecular weight is 432 g/mol. The van der Waals surface area contributed by atoms with E-state index >= 15 is 0 Å². The molecule has 0 bridgehead atoms. The number of nitro groups is 1. The van der Waals surface area contributed by atoms with Crippen LogP contribution in [0.3, 0.4) is 0 Å². The number of rotatable bonds is 6. The molecule has 0 amide bonds. The monoisotopic (exact) mass is 431 g/mol. The molecule has 0 radical (unpaired) electrons. The van der Waals surface area contributed by atoms with Gasteiger partial charge in [-0.3, -0.25) is 15.0 Å². The van der Waals surface area contributed by atoms with Gasteiger partial charge in [-0.25, -0.2) is 0 Å². The van der Waals surface area contributed by atoms with Gasteiger partial charge < -0.3 is 14.6 Å². The van der Waals surface area contributed by atoms with Gasteiger partial charge >= 0.3 is 0 Å². The Hall–Kier alpha value is -3.01. The van der Waals surface area contributed by atoms with Crippen LogP contribution in [0.4, 0.5) is 5.69 Å². The molecule has 2 aromatic carbocycles. The number of halogens is 1. The highest BCUT2D eigenvalue weighted by atomic mass is 35.5. The highest BCUT2D eigenvalue weighted by Gasteiger charge is 2.27. The standard InChI is InChI=1S/C20H21N5O4.ClH/c1-28-18-5-3-2-4-16(18)17-12-21-10-11-24(17)13-19-22-20(23-29-19)14-6-8-15(9-7-14)25(26)27;/h2-9,17,21H,10-13H2,1H3;1H. The first-order chi connectivity index (χ1) is 14.2. The molecule has 1 unspecified atom stereocenters. The number of aromatic nitrogens is 2. The van der Waals surface area contributed by atoms with Crippen LogP contribution < -0.4 is 10.1 Å². The minimum Gasteiger partial charge on any atom is -0.496 e. The van der Waals surface area contributed by atoms with Gasteiger partial charge in [0.15, 0.2) is 0 Å². The Morgan fingerprint density at radius 1 is 1.27 bits per heavy atom. The highest BCUT2D eigenvalue weighted by molar-refractivity contribution is 5.85. The molecular weight excluding hydrogens is 410 g/mol. The Kier molecular flexibility index (Phi) is 6.99. The van der Waals surface area contributed by atoms with Crippen LogP contribution in [-0.2, 0) is 6.54 Å². The zero-order chi connectivity index (χ0) is 20.2. The van der Waals surface area contributed by atoms with Crippen molar-refractivity contribution in [1.29, 1.82) is 0 Å². The Labute approximate surface area is 179 Å². The second-order valence-electron chi connectivity index (χ2n) is 6.75. The number of hydrogen-bond donors (Lipinski definition) is 1. The molecule has 4 rings (SSSR count). The van der Waals surface area contributed by atoms with Gasteiger partial charge in [-0.15, -0.1) is 12.4 Å². The number of hydrogen-bond acceptors (Lipinski definition) is 8. The number of nitro benzene ring substituents is 1. The second kappa shape index (κ2) is 9.66. The second-order valence-corrected chi connectivity index (χ2v) is 6.75. The van der Waals surface area contributed by atoms with Crippen molar-refractivity contribution < 1.29 is 14.2 Å².